The molecule has 2 unspecified atom stereocenters. The van der Waals surface area contributed by atoms with Crippen molar-refractivity contribution in [1.29, 1.82) is 0 Å². The van der Waals surface area contributed by atoms with E-state index in [0.717, 1.165) is 50.0 Å². The van der Waals surface area contributed by atoms with Gasteiger partial charge >= 0.3 is 0 Å². The molecule has 7 rings (SSSR count). The number of imidazole rings is 1. The molecule has 3 aliphatic rings. The van der Waals surface area contributed by atoms with Crippen molar-refractivity contribution in [2.24, 2.45) is 0 Å². The number of amides is 1. The van der Waals surface area contributed by atoms with Crippen LogP contribution in [0.4, 0.5) is 0 Å². The maximum absolute atomic E-state index is 13.7. The minimum atomic E-state index is -3.84. The van der Waals surface area contributed by atoms with E-state index in [1.54, 1.807) is 19.9 Å². The van der Waals surface area contributed by atoms with E-state index in [4.69, 9.17) is 16.6 Å². The highest BCUT2D eigenvalue weighted by atomic mass is 35.5. The zero-order valence-corrected chi connectivity index (χ0v) is 29.7. The van der Waals surface area contributed by atoms with Crippen molar-refractivity contribution in [2.75, 3.05) is 19.6 Å². The van der Waals surface area contributed by atoms with E-state index in [2.05, 4.69) is 75.7 Å². The number of piperidine rings is 2. The molecule has 0 spiro atoms. The number of fused-ring (bicyclic) bond motifs is 3. The fraction of sp³-hybridized carbons (Fsp3) is 0.474. The van der Waals surface area contributed by atoms with Gasteiger partial charge in [-0.2, -0.15) is 0 Å². The SMILES string of the molecule is Cc1nc2ccccc2n1C1CC2CCC(C1)N2CCC1(c2ccccc2)CCN(C(=O)c2ccc(Cl)c(S(=O)(=O)NC(C)C)c2)CC1. The number of hydrogen-bond donors (Lipinski definition) is 1. The summed E-state index contributed by atoms with van der Waals surface area (Å²) >= 11 is 6.30. The lowest BCUT2D eigenvalue weighted by Gasteiger charge is -2.45. The van der Waals surface area contributed by atoms with E-state index in [1.165, 1.54) is 36.1 Å². The topological polar surface area (TPSA) is 87.5 Å². The Morgan fingerprint density at radius 3 is 2.31 bits per heavy atom. The molecule has 0 radical (unpaired) electrons. The van der Waals surface area contributed by atoms with Crippen molar-refractivity contribution in [3.05, 3.63) is 94.8 Å². The van der Waals surface area contributed by atoms with Crippen LogP contribution in [0, 0.1) is 6.92 Å². The van der Waals surface area contributed by atoms with Crippen LogP contribution >= 0.6 is 11.6 Å². The molecule has 3 fully saturated rings. The van der Waals surface area contributed by atoms with E-state index in [9.17, 15) is 13.2 Å². The van der Waals surface area contributed by atoms with Crippen molar-refractivity contribution in [1.82, 2.24) is 24.1 Å². The predicted octanol–water partition coefficient (Wildman–Crippen LogP) is 7.12. The Kier molecular flexibility index (Phi) is 9.17. The molecule has 4 aromatic rings. The first-order valence-corrected chi connectivity index (χ1v) is 19.3. The number of nitrogens with one attached hydrogen (secondary N) is 1. The van der Waals surface area contributed by atoms with Gasteiger partial charge in [-0.1, -0.05) is 54.1 Å². The largest absolute Gasteiger partial charge is 0.339 e. The Morgan fingerprint density at radius 1 is 0.958 bits per heavy atom. The van der Waals surface area contributed by atoms with Gasteiger partial charge in [-0.3, -0.25) is 9.69 Å². The molecular formula is C38H46ClN5O3S. The number of halogens is 1. The maximum Gasteiger partial charge on any atom is 0.253 e. The van der Waals surface area contributed by atoms with Gasteiger partial charge in [0.2, 0.25) is 10.0 Å². The van der Waals surface area contributed by atoms with Crippen molar-refractivity contribution in [2.45, 2.75) is 100 Å². The fourth-order valence-electron chi connectivity index (χ4n) is 8.80. The predicted molar refractivity (Wildman–Crippen MR) is 191 cm³/mol. The van der Waals surface area contributed by atoms with Gasteiger partial charge in [-0.25, -0.2) is 18.1 Å². The minimum Gasteiger partial charge on any atom is -0.339 e. The number of para-hydroxylation sites is 2. The molecule has 3 aromatic carbocycles. The summed E-state index contributed by atoms with van der Waals surface area (Å²) in [5, 5.41) is 0.105. The first kappa shape index (κ1) is 33.3. The average molecular weight is 688 g/mol. The van der Waals surface area contributed by atoms with Gasteiger partial charge in [0.1, 0.15) is 10.7 Å². The number of nitrogens with zero attached hydrogens (tertiary/aromatic N) is 4. The molecule has 8 nitrogen and oxygen atoms in total. The van der Waals surface area contributed by atoms with Crippen molar-refractivity contribution >= 4 is 38.6 Å². The summed E-state index contributed by atoms with van der Waals surface area (Å²) in [7, 11) is -3.84. The molecule has 3 aliphatic heterocycles. The van der Waals surface area contributed by atoms with Crippen LogP contribution in [0.3, 0.4) is 0 Å². The molecule has 1 aromatic heterocycles. The Labute approximate surface area is 289 Å². The van der Waals surface area contributed by atoms with Gasteiger partial charge in [-0.15, -0.1) is 0 Å². The van der Waals surface area contributed by atoms with Gasteiger partial charge in [0.05, 0.1) is 16.1 Å². The molecule has 48 heavy (non-hydrogen) atoms. The van der Waals surface area contributed by atoms with E-state index >= 15 is 0 Å². The minimum absolute atomic E-state index is 0.0266. The van der Waals surface area contributed by atoms with Crippen LogP contribution in [0.15, 0.2) is 77.7 Å². The summed E-state index contributed by atoms with van der Waals surface area (Å²) in [6.45, 7) is 7.94. The van der Waals surface area contributed by atoms with Gasteiger partial charge < -0.3 is 9.47 Å². The maximum atomic E-state index is 13.7. The van der Waals surface area contributed by atoms with E-state index in [-0.39, 0.29) is 27.3 Å². The number of rotatable bonds is 9. The molecule has 1 N–H and O–H groups in total. The summed E-state index contributed by atoms with van der Waals surface area (Å²) in [5.74, 6) is 0.957. The van der Waals surface area contributed by atoms with Crippen LogP contribution in [0.25, 0.3) is 11.0 Å². The lowest BCUT2D eigenvalue weighted by Crippen LogP contribution is -2.49. The van der Waals surface area contributed by atoms with Crippen molar-refractivity contribution in [3.8, 4) is 0 Å². The number of carbonyl (C=O) groups excluding carboxylic acids is 1. The number of carbonyl (C=O) groups is 1. The lowest BCUT2D eigenvalue weighted by atomic mass is 9.70. The molecule has 4 heterocycles. The highest BCUT2D eigenvalue weighted by Crippen LogP contribution is 2.45. The second-order valence-electron chi connectivity index (χ2n) is 14.4. The molecule has 3 saturated heterocycles. The summed E-state index contributed by atoms with van der Waals surface area (Å²) < 4.78 is 30.9. The number of hydrogen-bond acceptors (Lipinski definition) is 5. The van der Waals surface area contributed by atoms with Crippen LogP contribution < -0.4 is 4.72 Å². The van der Waals surface area contributed by atoms with Gasteiger partial charge in [-0.05, 0) is 114 Å². The third kappa shape index (κ3) is 6.30. The first-order chi connectivity index (χ1) is 23.0. The Morgan fingerprint density at radius 2 is 1.62 bits per heavy atom. The molecule has 2 atom stereocenters. The summed E-state index contributed by atoms with van der Waals surface area (Å²) in [5.41, 5.74) is 4.00. The number of aryl methyl sites for hydroxylation is 1. The Balaban J connectivity index is 1.06. The first-order valence-electron chi connectivity index (χ1n) is 17.4. The van der Waals surface area contributed by atoms with Crippen LogP contribution in [0.2, 0.25) is 5.02 Å². The van der Waals surface area contributed by atoms with E-state index in [1.807, 2.05) is 4.90 Å². The second-order valence-corrected chi connectivity index (χ2v) is 16.5. The lowest BCUT2D eigenvalue weighted by molar-refractivity contribution is 0.0606. The van der Waals surface area contributed by atoms with E-state index < -0.39 is 10.0 Å². The third-order valence-electron chi connectivity index (χ3n) is 11.1. The number of likely N-dealkylation sites (tertiary alicyclic amines) is 1. The zero-order valence-electron chi connectivity index (χ0n) is 28.1. The van der Waals surface area contributed by atoms with Crippen LogP contribution in [-0.4, -0.2) is 71.4 Å². The number of aromatic nitrogens is 2. The molecular weight excluding hydrogens is 642 g/mol. The molecule has 10 heteroatoms. The summed E-state index contributed by atoms with van der Waals surface area (Å²) in [6.07, 6.45) is 7.59. The molecule has 2 bridgehead atoms. The highest BCUT2D eigenvalue weighted by molar-refractivity contribution is 7.89. The zero-order chi connectivity index (χ0) is 33.6. The molecule has 0 saturated carbocycles. The van der Waals surface area contributed by atoms with Crippen LogP contribution in [0.5, 0.6) is 0 Å². The molecule has 254 valence electrons. The quantitative estimate of drug-likeness (QED) is 0.203. The average Bonchev–Trinajstić information content (AvgIpc) is 3.53. The Hall–Kier alpha value is -3.24. The standard InChI is InChI=1S/C38H46ClN5O3S/c1-26(2)41-48(46,47)36-23-28(13-16-33(36)39)37(45)42-20-17-38(18-21-42,29-9-5-4-6-10-29)19-22-43-30-14-15-31(43)25-32(24-30)44-27(3)40-34-11-7-8-12-35(34)44/h4-13,16,23,26,30-32,41H,14-15,17-22,24-25H2,1-3H3. The fourth-order valence-corrected chi connectivity index (χ4v) is 10.6. The monoisotopic (exact) mass is 687 g/mol. The van der Waals surface area contributed by atoms with Crippen LogP contribution in [0.1, 0.15) is 86.6 Å². The van der Waals surface area contributed by atoms with Gasteiger partial charge in [0, 0.05) is 42.8 Å². The molecule has 1 amide bonds. The highest BCUT2D eigenvalue weighted by Gasteiger charge is 2.44. The molecule has 0 aliphatic carbocycles. The second kappa shape index (κ2) is 13.2. The van der Waals surface area contributed by atoms with Gasteiger partial charge in [0.15, 0.2) is 0 Å². The third-order valence-corrected chi connectivity index (χ3v) is 13.2. The number of sulfonamides is 1. The Bertz CT molecular complexity index is 1890. The van der Waals surface area contributed by atoms with Crippen LogP contribution in [-0.2, 0) is 15.4 Å². The van der Waals surface area contributed by atoms with E-state index in [0.29, 0.717) is 36.8 Å². The van der Waals surface area contributed by atoms with Crippen molar-refractivity contribution < 1.29 is 13.2 Å². The summed E-state index contributed by atoms with van der Waals surface area (Å²) in [4.78, 5) is 23.2. The normalized spacial score (nSPS) is 22.9. The number of benzene rings is 3. The van der Waals surface area contributed by atoms with Crippen molar-refractivity contribution in [3.63, 3.8) is 0 Å². The smallest absolute Gasteiger partial charge is 0.253 e. The summed E-state index contributed by atoms with van der Waals surface area (Å²) in [6, 6.07) is 25.2. The van der Waals surface area contributed by atoms with Gasteiger partial charge in [0.25, 0.3) is 5.91 Å².